The van der Waals surface area contributed by atoms with Crippen molar-refractivity contribution in [3.05, 3.63) is 34.6 Å². The summed E-state index contributed by atoms with van der Waals surface area (Å²) in [5.41, 5.74) is 2.11. The number of carbonyl (C=O) groups is 1. The Labute approximate surface area is 116 Å². The van der Waals surface area contributed by atoms with Crippen LogP contribution in [0.15, 0.2) is 28.9 Å². The lowest BCUT2D eigenvalue weighted by molar-refractivity contribution is -0.142. The van der Waals surface area contributed by atoms with E-state index in [-0.39, 0.29) is 5.97 Å². The van der Waals surface area contributed by atoms with Crippen molar-refractivity contribution in [2.75, 3.05) is 6.61 Å². The van der Waals surface area contributed by atoms with Crippen molar-refractivity contribution in [1.29, 1.82) is 0 Å². The van der Waals surface area contributed by atoms with Gasteiger partial charge in [0, 0.05) is 6.42 Å². The number of nitrogens with zero attached hydrogens (tertiary/aromatic N) is 1. The normalized spacial score (nSPS) is 11.4. The molecule has 0 atom stereocenters. The van der Waals surface area contributed by atoms with E-state index in [1.165, 1.54) is 0 Å². The third-order valence-electron chi connectivity index (χ3n) is 2.47. The Balaban J connectivity index is 2.63. The molecule has 3 nitrogen and oxygen atoms in total. The average Bonchev–Trinajstić information content (AvgIpc) is 2.35. The molecule has 4 heteroatoms. The lowest BCUT2D eigenvalue weighted by atomic mass is 10.1. The molecule has 0 aromatic carbocycles. The fourth-order valence-corrected chi connectivity index (χ4v) is 1.96. The number of pyridine rings is 1. The van der Waals surface area contributed by atoms with Crippen LogP contribution in [0.2, 0.25) is 0 Å². The Morgan fingerprint density at radius 3 is 2.83 bits per heavy atom. The molecule has 0 spiro atoms. The molecule has 0 bridgehead atoms. The molecule has 1 aromatic heterocycles. The summed E-state index contributed by atoms with van der Waals surface area (Å²) < 4.78 is 5.71. The van der Waals surface area contributed by atoms with Gasteiger partial charge in [-0.3, -0.25) is 4.79 Å². The molecular weight excluding hydrogens is 294 g/mol. The van der Waals surface area contributed by atoms with Crippen molar-refractivity contribution in [2.24, 2.45) is 0 Å². The Bertz CT molecular complexity index is 430. The highest BCUT2D eigenvalue weighted by Gasteiger charge is 2.03. The number of carbonyl (C=O) groups excluding carboxylic acids is 1. The fraction of sp³-hybridized carbons (Fsp3) is 0.429. The zero-order valence-corrected chi connectivity index (χ0v) is 12.4. The topological polar surface area (TPSA) is 39.2 Å². The second kappa shape index (κ2) is 8.03. The molecule has 0 N–H and O–H groups in total. The summed E-state index contributed by atoms with van der Waals surface area (Å²) in [5, 5.41) is 0. The molecule has 0 saturated heterocycles. The predicted molar refractivity (Wildman–Crippen MR) is 76.1 cm³/mol. The minimum Gasteiger partial charge on any atom is -0.466 e. The van der Waals surface area contributed by atoms with E-state index in [0.29, 0.717) is 19.4 Å². The molecular formula is C14H18BrNO2. The Hall–Kier alpha value is -1.16. The SMILES string of the molecule is CCOC(=O)CC/C=C(\CC)c1cccc(Br)n1. The molecule has 0 saturated carbocycles. The number of aromatic nitrogens is 1. The van der Waals surface area contributed by atoms with Gasteiger partial charge in [0.2, 0.25) is 0 Å². The van der Waals surface area contributed by atoms with E-state index in [9.17, 15) is 4.79 Å². The molecule has 0 fully saturated rings. The van der Waals surface area contributed by atoms with Gasteiger partial charge >= 0.3 is 5.97 Å². The first-order valence-electron chi connectivity index (χ1n) is 6.15. The van der Waals surface area contributed by atoms with Crippen LogP contribution in [0.5, 0.6) is 0 Å². The van der Waals surface area contributed by atoms with Gasteiger partial charge in [0.1, 0.15) is 4.60 Å². The van der Waals surface area contributed by atoms with Crippen LogP contribution in [-0.4, -0.2) is 17.6 Å². The second-order valence-corrected chi connectivity index (χ2v) is 4.58. The van der Waals surface area contributed by atoms with Crippen LogP contribution in [0.3, 0.4) is 0 Å². The lowest BCUT2D eigenvalue weighted by Gasteiger charge is -2.05. The monoisotopic (exact) mass is 311 g/mol. The van der Waals surface area contributed by atoms with E-state index in [0.717, 1.165) is 22.3 Å². The third-order valence-corrected chi connectivity index (χ3v) is 2.91. The highest BCUT2D eigenvalue weighted by Crippen LogP contribution is 2.19. The van der Waals surface area contributed by atoms with E-state index in [1.807, 2.05) is 25.1 Å². The molecule has 1 aromatic rings. The Morgan fingerprint density at radius 2 is 2.22 bits per heavy atom. The van der Waals surface area contributed by atoms with Gasteiger partial charge in [-0.2, -0.15) is 0 Å². The number of hydrogen-bond donors (Lipinski definition) is 0. The van der Waals surface area contributed by atoms with Crippen LogP contribution in [-0.2, 0) is 9.53 Å². The number of halogens is 1. The summed E-state index contributed by atoms with van der Waals surface area (Å²) in [7, 11) is 0. The van der Waals surface area contributed by atoms with Gasteiger partial charge in [0.25, 0.3) is 0 Å². The first-order valence-corrected chi connectivity index (χ1v) is 6.94. The second-order valence-electron chi connectivity index (χ2n) is 3.77. The maximum Gasteiger partial charge on any atom is 0.306 e. The highest BCUT2D eigenvalue weighted by molar-refractivity contribution is 9.10. The zero-order valence-electron chi connectivity index (χ0n) is 10.8. The molecule has 1 rings (SSSR count). The fourth-order valence-electron chi connectivity index (χ4n) is 1.61. The summed E-state index contributed by atoms with van der Waals surface area (Å²) in [6.07, 6.45) is 4.07. The van der Waals surface area contributed by atoms with Crippen molar-refractivity contribution in [2.45, 2.75) is 33.1 Å². The largest absolute Gasteiger partial charge is 0.466 e. The quantitative estimate of drug-likeness (QED) is 0.589. The average molecular weight is 312 g/mol. The van der Waals surface area contributed by atoms with Gasteiger partial charge in [-0.1, -0.05) is 19.1 Å². The minimum absolute atomic E-state index is 0.147. The van der Waals surface area contributed by atoms with Crippen molar-refractivity contribution in [3.63, 3.8) is 0 Å². The molecule has 0 amide bonds. The van der Waals surface area contributed by atoms with Gasteiger partial charge in [0.15, 0.2) is 0 Å². The smallest absolute Gasteiger partial charge is 0.306 e. The van der Waals surface area contributed by atoms with Crippen LogP contribution in [0.1, 0.15) is 38.8 Å². The Morgan fingerprint density at radius 1 is 1.44 bits per heavy atom. The minimum atomic E-state index is -0.147. The summed E-state index contributed by atoms with van der Waals surface area (Å²) >= 11 is 3.36. The van der Waals surface area contributed by atoms with Crippen LogP contribution in [0.4, 0.5) is 0 Å². The predicted octanol–water partition coefficient (Wildman–Crippen LogP) is 3.98. The number of rotatable bonds is 6. The van der Waals surface area contributed by atoms with Crippen molar-refractivity contribution >= 4 is 27.5 Å². The summed E-state index contributed by atoms with van der Waals surface area (Å²) in [5.74, 6) is -0.147. The number of ether oxygens (including phenoxy) is 1. The molecule has 0 aliphatic carbocycles. The van der Waals surface area contributed by atoms with Crippen molar-refractivity contribution < 1.29 is 9.53 Å². The Kier molecular flexibility index (Phi) is 6.65. The summed E-state index contributed by atoms with van der Waals surface area (Å²) in [4.78, 5) is 15.6. The van der Waals surface area contributed by atoms with E-state index < -0.39 is 0 Å². The van der Waals surface area contributed by atoms with Crippen molar-refractivity contribution in [3.8, 4) is 0 Å². The third kappa shape index (κ3) is 5.00. The van der Waals surface area contributed by atoms with Crippen LogP contribution >= 0.6 is 15.9 Å². The van der Waals surface area contributed by atoms with Gasteiger partial charge in [-0.25, -0.2) is 4.98 Å². The van der Waals surface area contributed by atoms with E-state index in [4.69, 9.17) is 4.74 Å². The summed E-state index contributed by atoms with van der Waals surface area (Å²) in [6.45, 7) is 4.34. The number of hydrogen-bond acceptors (Lipinski definition) is 3. The van der Waals surface area contributed by atoms with E-state index in [2.05, 4.69) is 33.9 Å². The van der Waals surface area contributed by atoms with Gasteiger partial charge in [-0.05, 0) is 53.4 Å². The maximum absolute atomic E-state index is 11.2. The highest BCUT2D eigenvalue weighted by atomic mass is 79.9. The molecule has 1 heterocycles. The molecule has 98 valence electrons. The number of allylic oxidation sites excluding steroid dienone is 2. The van der Waals surface area contributed by atoms with E-state index >= 15 is 0 Å². The van der Waals surface area contributed by atoms with Crippen LogP contribution in [0.25, 0.3) is 5.57 Å². The van der Waals surface area contributed by atoms with Crippen molar-refractivity contribution in [1.82, 2.24) is 4.98 Å². The van der Waals surface area contributed by atoms with E-state index in [1.54, 1.807) is 0 Å². The first-order chi connectivity index (χ1) is 8.67. The molecule has 0 unspecified atom stereocenters. The molecule has 0 aliphatic heterocycles. The zero-order chi connectivity index (χ0) is 13.4. The first kappa shape index (κ1) is 14.9. The molecule has 18 heavy (non-hydrogen) atoms. The van der Waals surface area contributed by atoms with Crippen LogP contribution < -0.4 is 0 Å². The lowest BCUT2D eigenvalue weighted by Crippen LogP contribution is -2.02. The molecule has 0 radical (unpaired) electrons. The maximum atomic E-state index is 11.2. The van der Waals surface area contributed by atoms with Gasteiger partial charge in [-0.15, -0.1) is 0 Å². The van der Waals surface area contributed by atoms with Crippen LogP contribution in [0, 0.1) is 0 Å². The van der Waals surface area contributed by atoms with Gasteiger partial charge < -0.3 is 4.74 Å². The van der Waals surface area contributed by atoms with Gasteiger partial charge in [0.05, 0.1) is 12.3 Å². The molecule has 0 aliphatic rings. The standard InChI is InChI=1S/C14H18BrNO2/c1-3-11(7-5-10-14(17)18-4-2)12-8-6-9-13(15)16-12/h6-9H,3-5,10H2,1-2H3/b11-7+. The number of esters is 1. The summed E-state index contributed by atoms with van der Waals surface area (Å²) in [6, 6.07) is 5.83.